The fourth-order valence-corrected chi connectivity index (χ4v) is 1.90. The number of hydrogen-bond acceptors (Lipinski definition) is 2. The van der Waals surface area contributed by atoms with Crippen molar-refractivity contribution in [3.8, 4) is 0 Å². The van der Waals surface area contributed by atoms with Gasteiger partial charge in [-0.3, -0.25) is 4.79 Å². The fourth-order valence-electron chi connectivity index (χ4n) is 1.32. The normalized spacial score (nSPS) is 10.2. The van der Waals surface area contributed by atoms with Gasteiger partial charge in [0.05, 0.1) is 0 Å². The second-order valence-electron chi connectivity index (χ2n) is 3.34. The van der Waals surface area contributed by atoms with E-state index in [0.29, 0.717) is 36.0 Å². The maximum absolute atomic E-state index is 11.1. The van der Waals surface area contributed by atoms with Crippen LogP contribution in [0.15, 0.2) is 18.2 Å². The van der Waals surface area contributed by atoms with Crippen molar-refractivity contribution >= 4 is 29.1 Å². The Hall–Kier alpha value is -0.770. The van der Waals surface area contributed by atoms with Crippen LogP contribution in [-0.4, -0.2) is 19.0 Å². The van der Waals surface area contributed by atoms with Gasteiger partial charge in [-0.05, 0) is 24.1 Å². The highest BCUT2D eigenvalue weighted by Crippen LogP contribution is 2.24. The molecule has 0 atom stereocenters. The van der Waals surface area contributed by atoms with Crippen molar-refractivity contribution in [1.29, 1.82) is 0 Å². The zero-order chi connectivity index (χ0) is 12.0. The van der Waals surface area contributed by atoms with Crippen LogP contribution in [0.5, 0.6) is 0 Å². The molecular weight excluding hydrogens is 247 g/mol. The van der Waals surface area contributed by atoms with Crippen molar-refractivity contribution in [2.75, 3.05) is 13.1 Å². The molecule has 0 unspecified atom stereocenters. The molecule has 0 heterocycles. The quantitative estimate of drug-likeness (QED) is 0.851. The molecule has 3 nitrogen and oxygen atoms in total. The molecule has 0 aliphatic carbocycles. The van der Waals surface area contributed by atoms with Gasteiger partial charge in [0, 0.05) is 29.6 Å². The van der Waals surface area contributed by atoms with Gasteiger partial charge in [0.25, 0.3) is 0 Å². The Labute approximate surface area is 105 Å². The lowest BCUT2D eigenvalue weighted by molar-refractivity contribution is -0.120. The highest BCUT2D eigenvalue weighted by Gasteiger charge is 2.05. The predicted octanol–water partition coefficient (Wildman–Crippen LogP) is 2.00. The summed E-state index contributed by atoms with van der Waals surface area (Å²) in [6.07, 6.45) is 0.963. The molecule has 5 heteroatoms. The summed E-state index contributed by atoms with van der Waals surface area (Å²) in [5.74, 6) is -0.0503. The Morgan fingerprint density at radius 1 is 1.31 bits per heavy atom. The summed E-state index contributed by atoms with van der Waals surface area (Å²) in [6, 6.07) is 5.36. The van der Waals surface area contributed by atoms with Crippen LogP contribution in [0, 0.1) is 0 Å². The van der Waals surface area contributed by atoms with E-state index in [1.54, 1.807) is 18.2 Å². The van der Waals surface area contributed by atoms with Crippen LogP contribution in [0.4, 0.5) is 0 Å². The lowest BCUT2D eigenvalue weighted by atomic mass is 10.1. The summed E-state index contributed by atoms with van der Waals surface area (Å²) in [4.78, 5) is 11.1. The standard InChI is InChI=1S/C11H14Cl2N2O/c12-9-2-1-3-10(13)8(9)5-7-15-11(16)4-6-14/h1-3H,4-7,14H2,(H,15,16). The highest BCUT2D eigenvalue weighted by atomic mass is 35.5. The van der Waals surface area contributed by atoms with Crippen LogP contribution < -0.4 is 11.1 Å². The topological polar surface area (TPSA) is 55.1 Å². The Morgan fingerprint density at radius 3 is 2.50 bits per heavy atom. The number of benzene rings is 1. The lowest BCUT2D eigenvalue weighted by Crippen LogP contribution is -2.27. The largest absolute Gasteiger partial charge is 0.356 e. The SMILES string of the molecule is NCCC(=O)NCCc1c(Cl)cccc1Cl. The average molecular weight is 261 g/mol. The molecule has 1 aromatic carbocycles. The van der Waals surface area contributed by atoms with Crippen molar-refractivity contribution in [1.82, 2.24) is 5.32 Å². The molecular formula is C11H14Cl2N2O. The van der Waals surface area contributed by atoms with Gasteiger partial charge in [-0.25, -0.2) is 0 Å². The zero-order valence-corrected chi connectivity index (χ0v) is 10.3. The van der Waals surface area contributed by atoms with Crippen LogP contribution in [0.3, 0.4) is 0 Å². The molecule has 1 rings (SSSR count). The zero-order valence-electron chi connectivity index (χ0n) is 8.80. The van der Waals surface area contributed by atoms with Gasteiger partial charge in [-0.2, -0.15) is 0 Å². The van der Waals surface area contributed by atoms with Gasteiger partial charge in [-0.15, -0.1) is 0 Å². The van der Waals surface area contributed by atoms with Gasteiger partial charge >= 0.3 is 0 Å². The maximum Gasteiger partial charge on any atom is 0.221 e. The first-order valence-electron chi connectivity index (χ1n) is 5.05. The summed E-state index contributed by atoms with van der Waals surface area (Å²) in [5.41, 5.74) is 6.12. The molecule has 0 aromatic heterocycles. The molecule has 0 radical (unpaired) electrons. The van der Waals surface area contributed by atoms with E-state index in [1.165, 1.54) is 0 Å². The molecule has 0 saturated heterocycles. The minimum absolute atomic E-state index is 0.0503. The van der Waals surface area contributed by atoms with Crippen molar-refractivity contribution in [3.63, 3.8) is 0 Å². The molecule has 1 aromatic rings. The van der Waals surface area contributed by atoms with E-state index in [0.717, 1.165) is 5.56 Å². The molecule has 3 N–H and O–H groups in total. The van der Waals surface area contributed by atoms with Crippen molar-refractivity contribution in [2.45, 2.75) is 12.8 Å². The first-order chi connectivity index (χ1) is 7.65. The number of halogens is 2. The van der Waals surface area contributed by atoms with E-state index < -0.39 is 0 Å². The molecule has 0 aliphatic heterocycles. The van der Waals surface area contributed by atoms with Gasteiger partial charge < -0.3 is 11.1 Å². The van der Waals surface area contributed by atoms with Crippen LogP contribution in [0.2, 0.25) is 10.0 Å². The number of amides is 1. The summed E-state index contributed by atoms with van der Waals surface area (Å²) in [6.45, 7) is 0.876. The summed E-state index contributed by atoms with van der Waals surface area (Å²) < 4.78 is 0. The summed E-state index contributed by atoms with van der Waals surface area (Å²) >= 11 is 12.0. The second-order valence-corrected chi connectivity index (χ2v) is 4.15. The van der Waals surface area contributed by atoms with Crippen molar-refractivity contribution < 1.29 is 4.79 Å². The van der Waals surface area contributed by atoms with Crippen LogP contribution in [0.1, 0.15) is 12.0 Å². The van der Waals surface area contributed by atoms with Crippen molar-refractivity contribution in [2.24, 2.45) is 5.73 Å². The van der Waals surface area contributed by atoms with E-state index >= 15 is 0 Å². The highest BCUT2D eigenvalue weighted by molar-refractivity contribution is 6.35. The van der Waals surface area contributed by atoms with Gasteiger partial charge in [0.15, 0.2) is 0 Å². The van der Waals surface area contributed by atoms with Gasteiger partial charge in [-0.1, -0.05) is 29.3 Å². The monoisotopic (exact) mass is 260 g/mol. The van der Waals surface area contributed by atoms with E-state index in [4.69, 9.17) is 28.9 Å². The van der Waals surface area contributed by atoms with Crippen LogP contribution >= 0.6 is 23.2 Å². The van der Waals surface area contributed by atoms with Crippen LogP contribution in [0.25, 0.3) is 0 Å². The minimum atomic E-state index is -0.0503. The van der Waals surface area contributed by atoms with E-state index in [9.17, 15) is 4.79 Å². The average Bonchev–Trinajstić information content (AvgIpc) is 2.23. The molecule has 0 spiro atoms. The predicted molar refractivity (Wildman–Crippen MR) is 66.8 cm³/mol. The molecule has 0 bridgehead atoms. The minimum Gasteiger partial charge on any atom is -0.356 e. The summed E-state index contributed by atoms with van der Waals surface area (Å²) in [7, 11) is 0. The number of carbonyl (C=O) groups is 1. The third kappa shape index (κ3) is 4.00. The first-order valence-corrected chi connectivity index (χ1v) is 5.80. The number of rotatable bonds is 5. The molecule has 88 valence electrons. The Kier molecular flexibility index (Phi) is 5.60. The number of carbonyl (C=O) groups excluding carboxylic acids is 1. The number of hydrogen-bond donors (Lipinski definition) is 2. The lowest BCUT2D eigenvalue weighted by Gasteiger charge is -2.07. The Morgan fingerprint density at radius 2 is 1.94 bits per heavy atom. The van der Waals surface area contributed by atoms with E-state index in [1.807, 2.05) is 0 Å². The Bertz CT molecular complexity index is 349. The molecule has 0 saturated carbocycles. The third-order valence-corrected chi connectivity index (χ3v) is 2.84. The van der Waals surface area contributed by atoms with E-state index in [-0.39, 0.29) is 5.91 Å². The van der Waals surface area contributed by atoms with Gasteiger partial charge in [0.1, 0.15) is 0 Å². The van der Waals surface area contributed by atoms with E-state index in [2.05, 4.69) is 5.32 Å². The number of nitrogens with one attached hydrogen (secondary N) is 1. The fraction of sp³-hybridized carbons (Fsp3) is 0.364. The van der Waals surface area contributed by atoms with Gasteiger partial charge in [0.2, 0.25) is 5.91 Å². The number of nitrogens with two attached hydrogens (primary N) is 1. The Balaban J connectivity index is 2.46. The molecule has 0 aliphatic rings. The first kappa shape index (κ1) is 13.3. The molecule has 1 amide bonds. The summed E-state index contributed by atoms with van der Waals surface area (Å²) in [5, 5.41) is 4.00. The van der Waals surface area contributed by atoms with Crippen LogP contribution in [-0.2, 0) is 11.2 Å². The second kappa shape index (κ2) is 6.74. The molecule has 0 fully saturated rings. The van der Waals surface area contributed by atoms with Crippen molar-refractivity contribution in [3.05, 3.63) is 33.8 Å². The maximum atomic E-state index is 11.1. The smallest absolute Gasteiger partial charge is 0.221 e. The molecule has 16 heavy (non-hydrogen) atoms. The third-order valence-electron chi connectivity index (χ3n) is 2.13.